The molecule has 0 aliphatic rings. The van der Waals surface area contributed by atoms with E-state index in [-0.39, 0.29) is 17.3 Å². The molecule has 36 heavy (non-hydrogen) atoms. The Morgan fingerprint density at radius 1 is 1.06 bits per heavy atom. The smallest absolute Gasteiger partial charge is 0.258 e. The zero-order chi connectivity index (χ0) is 25.5. The minimum atomic E-state index is -3.90. The van der Waals surface area contributed by atoms with Gasteiger partial charge in [0.25, 0.3) is 10.0 Å². The number of nitrogens with one attached hydrogen (secondary N) is 1. The molecule has 0 atom stereocenters. The first-order valence-electron chi connectivity index (χ1n) is 11.5. The highest BCUT2D eigenvalue weighted by atomic mass is 32.2. The second-order valence-corrected chi connectivity index (χ2v) is 10.7. The molecule has 1 N–H and O–H groups in total. The summed E-state index contributed by atoms with van der Waals surface area (Å²) in [5, 5.41) is 4.84. The number of pyridine rings is 1. The molecular weight excluding hydrogens is 504 g/mol. The molecule has 0 aliphatic heterocycles. The summed E-state index contributed by atoms with van der Waals surface area (Å²) in [5.41, 5.74) is 1.55. The second-order valence-electron chi connectivity index (χ2n) is 8.16. The van der Waals surface area contributed by atoms with Gasteiger partial charge in [0.2, 0.25) is 0 Å². The van der Waals surface area contributed by atoms with E-state index in [1.807, 2.05) is 18.4 Å². The first kappa shape index (κ1) is 25.7. The van der Waals surface area contributed by atoms with Gasteiger partial charge in [0.05, 0.1) is 16.0 Å². The van der Waals surface area contributed by atoms with Crippen LogP contribution in [0.25, 0.3) is 10.2 Å². The number of amidine groups is 1. The van der Waals surface area contributed by atoms with Crippen molar-refractivity contribution in [2.45, 2.75) is 38.4 Å². The third kappa shape index (κ3) is 6.86. The number of hydrogen-bond acceptors (Lipinski definition) is 5. The molecule has 0 amide bonds. The predicted molar refractivity (Wildman–Crippen MR) is 140 cm³/mol. The molecule has 10 heteroatoms. The lowest BCUT2D eigenvalue weighted by atomic mass is 10.2. The van der Waals surface area contributed by atoms with Gasteiger partial charge in [-0.3, -0.25) is 4.98 Å². The first-order chi connectivity index (χ1) is 17.3. The van der Waals surface area contributed by atoms with Gasteiger partial charge in [-0.2, -0.15) is 0 Å². The largest absolute Gasteiger partial charge is 0.453 e. The molecule has 0 fully saturated rings. The lowest BCUT2D eigenvalue weighted by molar-refractivity contribution is 0.447. The Morgan fingerprint density at radius 3 is 2.61 bits per heavy atom. The molecule has 0 saturated carbocycles. The van der Waals surface area contributed by atoms with E-state index in [4.69, 9.17) is 4.74 Å². The average Bonchev–Trinajstić information content (AvgIpc) is 3.32. The van der Waals surface area contributed by atoms with E-state index in [9.17, 15) is 17.2 Å². The molecule has 2 heterocycles. The summed E-state index contributed by atoms with van der Waals surface area (Å²) in [4.78, 5) is 4.25. The van der Waals surface area contributed by atoms with Gasteiger partial charge in [0.15, 0.2) is 11.6 Å². The van der Waals surface area contributed by atoms with Crippen molar-refractivity contribution in [1.29, 1.82) is 0 Å². The van der Waals surface area contributed by atoms with Gasteiger partial charge in [-0.1, -0.05) is 31.9 Å². The molecule has 0 radical (unpaired) electrons. The lowest BCUT2D eigenvalue weighted by Crippen LogP contribution is -2.16. The second kappa shape index (κ2) is 11.6. The topological polar surface area (TPSA) is 80.7 Å². The molecule has 0 spiro atoms. The Morgan fingerprint density at radius 2 is 1.86 bits per heavy atom. The lowest BCUT2D eigenvalue weighted by Gasteiger charge is -2.12. The Kier molecular flexibility index (Phi) is 8.27. The van der Waals surface area contributed by atoms with Gasteiger partial charge in [0.1, 0.15) is 17.4 Å². The molecular formula is C26H25F2N3O3S2. The Hall–Kier alpha value is -3.37. The van der Waals surface area contributed by atoms with E-state index in [0.29, 0.717) is 23.4 Å². The Balaban J connectivity index is 1.52. The van der Waals surface area contributed by atoms with Crippen LogP contribution in [-0.4, -0.2) is 19.2 Å². The number of fused-ring (bicyclic) bond motifs is 1. The highest BCUT2D eigenvalue weighted by Gasteiger charge is 2.15. The fourth-order valence-corrected chi connectivity index (χ4v) is 5.49. The minimum absolute atomic E-state index is 0.0369. The fourth-order valence-electron chi connectivity index (χ4n) is 3.54. The van der Waals surface area contributed by atoms with Crippen molar-refractivity contribution < 1.29 is 21.9 Å². The Labute approximate surface area is 212 Å². The zero-order valence-electron chi connectivity index (χ0n) is 19.6. The number of thiophene rings is 1. The van der Waals surface area contributed by atoms with Gasteiger partial charge < -0.3 is 10.1 Å². The number of rotatable bonds is 10. The standard InChI is InChI=1S/C26H25F2N3O3S2/c1-2-3-4-5-25(31-36(32,33)17-18-6-8-19(27)9-7-18)30-20-10-11-23(21(28)16-20)34-24-12-14-29-22-13-15-35-26(22)24/h6-16H,2-5,17H2,1H3,(H,30,31). The summed E-state index contributed by atoms with van der Waals surface area (Å²) in [7, 11) is -3.90. The van der Waals surface area contributed by atoms with Gasteiger partial charge in [-0.25, -0.2) is 17.2 Å². The van der Waals surface area contributed by atoms with Crippen LogP contribution in [0.15, 0.2) is 70.6 Å². The van der Waals surface area contributed by atoms with Crippen LogP contribution in [0.2, 0.25) is 0 Å². The van der Waals surface area contributed by atoms with Crippen LogP contribution >= 0.6 is 11.3 Å². The normalized spacial score (nSPS) is 12.1. The summed E-state index contributed by atoms with van der Waals surface area (Å²) in [6.07, 6.45) is 4.54. The first-order valence-corrected chi connectivity index (χ1v) is 13.9. The number of anilines is 1. The van der Waals surface area contributed by atoms with Crippen LogP contribution in [0.5, 0.6) is 11.5 Å². The van der Waals surface area contributed by atoms with Gasteiger partial charge in [0, 0.05) is 30.4 Å². The molecule has 0 aliphatic carbocycles. The van der Waals surface area contributed by atoms with E-state index in [2.05, 4.69) is 14.7 Å². The molecule has 0 unspecified atom stereocenters. The Bertz CT molecular complexity index is 1470. The maximum absolute atomic E-state index is 14.9. The van der Waals surface area contributed by atoms with E-state index in [0.717, 1.165) is 29.5 Å². The predicted octanol–water partition coefficient (Wildman–Crippen LogP) is 7.29. The van der Waals surface area contributed by atoms with E-state index < -0.39 is 21.7 Å². The van der Waals surface area contributed by atoms with Gasteiger partial charge in [-0.05, 0) is 47.7 Å². The maximum atomic E-state index is 14.9. The summed E-state index contributed by atoms with van der Waals surface area (Å²) < 4.78 is 64.1. The number of halogens is 2. The van der Waals surface area contributed by atoms with Crippen molar-refractivity contribution in [3.8, 4) is 11.5 Å². The van der Waals surface area contributed by atoms with Crippen LogP contribution in [0.4, 0.5) is 14.5 Å². The molecule has 188 valence electrons. The van der Waals surface area contributed by atoms with Crippen LogP contribution in [0, 0.1) is 11.6 Å². The molecule has 0 bridgehead atoms. The third-order valence-electron chi connectivity index (χ3n) is 5.28. The van der Waals surface area contributed by atoms with Crippen molar-refractivity contribution in [2.75, 3.05) is 5.32 Å². The molecule has 4 rings (SSSR count). The van der Waals surface area contributed by atoms with Crippen molar-refractivity contribution in [3.05, 3.63) is 83.4 Å². The van der Waals surface area contributed by atoms with E-state index in [1.54, 1.807) is 18.3 Å². The van der Waals surface area contributed by atoms with Crippen molar-refractivity contribution >= 4 is 43.1 Å². The van der Waals surface area contributed by atoms with E-state index in [1.165, 1.54) is 47.7 Å². The number of benzene rings is 2. The monoisotopic (exact) mass is 529 g/mol. The summed E-state index contributed by atoms with van der Waals surface area (Å²) >= 11 is 1.45. The molecule has 0 saturated heterocycles. The van der Waals surface area contributed by atoms with Gasteiger partial charge >= 0.3 is 0 Å². The molecule has 2 aromatic carbocycles. The van der Waals surface area contributed by atoms with Crippen LogP contribution in [0.3, 0.4) is 0 Å². The minimum Gasteiger partial charge on any atom is -0.453 e. The molecule has 4 aromatic rings. The van der Waals surface area contributed by atoms with Crippen LogP contribution in [0.1, 0.15) is 38.2 Å². The number of hydrogen-bond donors (Lipinski definition) is 1. The van der Waals surface area contributed by atoms with E-state index >= 15 is 0 Å². The fraction of sp³-hybridized carbons (Fsp3) is 0.231. The molecule has 6 nitrogen and oxygen atoms in total. The number of ether oxygens (including phenoxy) is 1. The number of unbranched alkanes of at least 4 members (excludes halogenated alkanes) is 2. The maximum Gasteiger partial charge on any atom is 0.258 e. The number of sulfonamides is 1. The number of aromatic nitrogens is 1. The van der Waals surface area contributed by atoms with Crippen molar-refractivity contribution in [3.63, 3.8) is 0 Å². The van der Waals surface area contributed by atoms with Crippen LogP contribution in [-0.2, 0) is 15.8 Å². The summed E-state index contributed by atoms with van der Waals surface area (Å²) in [6, 6.07) is 13.1. The quantitative estimate of drug-likeness (QED) is 0.133. The highest BCUT2D eigenvalue weighted by Crippen LogP contribution is 2.34. The van der Waals surface area contributed by atoms with Crippen LogP contribution < -0.4 is 10.1 Å². The number of nitrogens with zero attached hydrogens (tertiary/aromatic N) is 2. The van der Waals surface area contributed by atoms with Gasteiger partial charge in [-0.15, -0.1) is 15.7 Å². The molecule has 2 aromatic heterocycles. The third-order valence-corrected chi connectivity index (χ3v) is 7.39. The summed E-state index contributed by atoms with van der Waals surface area (Å²) in [5.74, 6) is -0.661. The van der Waals surface area contributed by atoms with Crippen molar-refractivity contribution in [1.82, 2.24) is 4.98 Å². The highest BCUT2D eigenvalue weighted by molar-refractivity contribution is 7.89. The average molecular weight is 530 g/mol. The summed E-state index contributed by atoms with van der Waals surface area (Å²) in [6.45, 7) is 2.04. The SMILES string of the molecule is CCCCC/C(=N\S(=O)(=O)Cc1ccc(F)cc1)Nc1ccc(Oc2ccnc3ccsc23)c(F)c1. The van der Waals surface area contributed by atoms with Crippen molar-refractivity contribution in [2.24, 2.45) is 4.40 Å². The zero-order valence-corrected chi connectivity index (χ0v) is 21.2.